The van der Waals surface area contributed by atoms with E-state index in [1.54, 1.807) is 19.1 Å². The van der Waals surface area contributed by atoms with Crippen molar-refractivity contribution in [2.45, 2.75) is 19.0 Å². The molecule has 2 aliphatic rings. The Morgan fingerprint density at radius 1 is 1.24 bits per heavy atom. The Bertz CT molecular complexity index is 1660. The van der Waals surface area contributed by atoms with Crippen LogP contribution >= 0.6 is 11.5 Å². The van der Waals surface area contributed by atoms with Crippen LogP contribution < -0.4 is 16.0 Å². The molecule has 4 heterocycles. The number of carbonyl (C=O) groups is 4. The summed E-state index contributed by atoms with van der Waals surface area (Å²) in [6, 6.07) is 10.8. The molecule has 0 bridgehead atoms. The zero-order chi connectivity index (χ0) is 25.9. The van der Waals surface area contributed by atoms with Crippen LogP contribution in [0.4, 0.5) is 15.9 Å². The van der Waals surface area contributed by atoms with E-state index in [1.807, 2.05) is 12.1 Å². The van der Waals surface area contributed by atoms with Crippen molar-refractivity contribution >= 4 is 56.8 Å². The molecule has 0 saturated heterocycles. The number of carbonyl (C=O) groups excluding carboxylic acids is 4. The van der Waals surface area contributed by atoms with Crippen LogP contribution in [0, 0.1) is 5.82 Å². The Hall–Kier alpha value is -4.65. The molecule has 0 aliphatic carbocycles. The van der Waals surface area contributed by atoms with E-state index >= 15 is 0 Å². The fourth-order valence-corrected chi connectivity index (χ4v) is 5.50. The lowest BCUT2D eigenvalue weighted by atomic mass is 9.85. The number of esters is 1. The molecule has 0 fully saturated rings. The van der Waals surface area contributed by atoms with Crippen molar-refractivity contribution in [1.82, 2.24) is 19.2 Å². The van der Waals surface area contributed by atoms with Crippen LogP contribution in [0.5, 0.6) is 0 Å². The standard InChI is InChI=1S/C24H17FN6O5S/c1-2-36-22(34)20-27-19(28-21(33)17-12-5-3-4-6-15(12)37-30-17)18-24(29-16(32)10-31(18)20)13-9-11(25)7-8-14(13)26-23(24)35/h3-9H,2,10H2,1H3,(H,26,35)(H,28,33)(H,29,32). The van der Waals surface area contributed by atoms with Gasteiger partial charge in [0.25, 0.3) is 11.8 Å². The molecule has 4 aromatic rings. The number of amides is 3. The highest BCUT2D eigenvalue weighted by Crippen LogP contribution is 2.46. The van der Waals surface area contributed by atoms with Crippen molar-refractivity contribution in [3.63, 3.8) is 0 Å². The van der Waals surface area contributed by atoms with Crippen molar-refractivity contribution < 1.29 is 28.3 Å². The Morgan fingerprint density at radius 3 is 2.86 bits per heavy atom. The Labute approximate surface area is 211 Å². The number of fused-ring (bicyclic) bond motifs is 5. The summed E-state index contributed by atoms with van der Waals surface area (Å²) in [5.74, 6) is -3.92. The van der Waals surface area contributed by atoms with E-state index in [-0.39, 0.29) is 47.4 Å². The highest BCUT2D eigenvalue weighted by atomic mass is 32.1. The number of benzene rings is 2. The van der Waals surface area contributed by atoms with Gasteiger partial charge < -0.3 is 25.3 Å². The number of aromatic nitrogens is 3. The van der Waals surface area contributed by atoms with E-state index in [9.17, 15) is 23.6 Å². The first-order valence-corrected chi connectivity index (χ1v) is 12.0. The maximum atomic E-state index is 14.4. The summed E-state index contributed by atoms with van der Waals surface area (Å²) in [6.07, 6.45) is 0. The molecule has 0 saturated carbocycles. The van der Waals surface area contributed by atoms with Crippen LogP contribution in [0.15, 0.2) is 42.5 Å². The highest BCUT2D eigenvalue weighted by molar-refractivity contribution is 7.13. The molecule has 2 aromatic carbocycles. The maximum Gasteiger partial charge on any atom is 0.374 e. The Balaban J connectivity index is 1.56. The molecule has 1 atom stereocenters. The molecule has 11 nitrogen and oxygen atoms in total. The van der Waals surface area contributed by atoms with Gasteiger partial charge in [-0.1, -0.05) is 18.2 Å². The number of anilines is 2. The van der Waals surface area contributed by atoms with Gasteiger partial charge in [-0.05, 0) is 42.7 Å². The van der Waals surface area contributed by atoms with Crippen LogP contribution in [0.2, 0.25) is 0 Å². The summed E-state index contributed by atoms with van der Waals surface area (Å²) in [5.41, 5.74) is -1.48. The van der Waals surface area contributed by atoms with Crippen molar-refractivity contribution in [2.75, 3.05) is 17.2 Å². The smallest absolute Gasteiger partial charge is 0.374 e. The molecular weight excluding hydrogens is 503 g/mol. The predicted octanol–water partition coefficient (Wildman–Crippen LogP) is 2.39. The zero-order valence-electron chi connectivity index (χ0n) is 19.1. The lowest BCUT2D eigenvalue weighted by Crippen LogP contribution is -2.57. The molecule has 1 unspecified atom stereocenters. The Morgan fingerprint density at radius 2 is 2.05 bits per heavy atom. The van der Waals surface area contributed by atoms with Gasteiger partial charge in [0.1, 0.15) is 23.7 Å². The van der Waals surface area contributed by atoms with E-state index in [2.05, 4.69) is 25.3 Å². The number of ether oxygens (including phenoxy) is 1. The van der Waals surface area contributed by atoms with Crippen molar-refractivity contribution in [3.8, 4) is 0 Å². The molecule has 13 heteroatoms. The summed E-state index contributed by atoms with van der Waals surface area (Å²) in [5, 5.41) is 8.55. The summed E-state index contributed by atoms with van der Waals surface area (Å²) >= 11 is 1.14. The van der Waals surface area contributed by atoms with Crippen LogP contribution in [-0.4, -0.2) is 44.2 Å². The largest absolute Gasteiger partial charge is 0.460 e. The summed E-state index contributed by atoms with van der Waals surface area (Å²) in [4.78, 5) is 56.7. The molecule has 186 valence electrons. The lowest BCUT2D eigenvalue weighted by molar-refractivity contribution is -0.131. The number of imidazole rings is 1. The van der Waals surface area contributed by atoms with Crippen LogP contribution in [0.3, 0.4) is 0 Å². The second-order valence-electron chi connectivity index (χ2n) is 8.36. The first-order chi connectivity index (χ1) is 17.8. The predicted molar refractivity (Wildman–Crippen MR) is 130 cm³/mol. The number of nitrogens with one attached hydrogen (secondary N) is 3. The average molecular weight is 521 g/mol. The first-order valence-electron chi connectivity index (χ1n) is 11.2. The second kappa shape index (κ2) is 8.20. The number of nitrogens with zero attached hydrogens (tertiary/aromatic N) is 3. The van der Waals surface area contributed by atoms with Gasteiger partial charge >= 0.3 is 5.97 Å². The van der Waals surface area contributed by atoms with Gasteiger partial charge in [0.05, 0.1) is 11.3 Å². The van der Waals surface area contributed by atoms with Crippen LogP contribution in [0.25, 0.3) is 10.1 Å². The average Bonchev–Trinajstić information content (AvgIpc) is 3.53. The minimum Gasteiger partial charge on any atom is -0.460 e. The van der Waals surface area contributed by atoms with Crippen molar-refractivity contribution in [3.05, 3.63) is 71.1 Å². The minimum absolute atomic E-state index is 0.00936. The molecule has 2 aromatic heterocycles. The molecule has 3 N–H and O–H groups in total. The lowest BCUT2D eigenvalue weighted by Gasteiger charge is -2.34. The van der Waals surface area contributed by atoms with Crippen molar-refractivity contribution in [1.29, 1.82) is 0 Å². The molecular formula is C24H17FN6O5S. The van der Waals surface area contributed by atoms with Gasteiger partial charge in [0.2, 0.25) is 11.7 Å². The van der Waals surface area contributed by atoms with E-state index < -0.39 is 35.0 Å². The third kappa shape index (κ3) is 3.31. The summed E-state index contributed by atoms with van der Waals surface area (Å²) in [6.45, 7) is 1.25. The second-order valence-corrected chi connectivity index (χ2v) is 9.17. The molecule has 2 aliphatic heterocycles. The quantitative estimate of drug-likeness (QED) is 0.351. The number of rotatable bonds is 4. The van der Waals surface area contributed by atoms with Gasteiger partial charge in [0.15, 0.2) is 11.4 Å². The van der Waals surface area contributed by atoms with Gasteiger partial charge in [-0.2, -0.15) is 4.37 Å². The fourth-order valence-electron chi connectivity index (χ4n) is 4.73. The molecule has 37 heavy (non-hydrogen) atoms. The van der Waals surface area contributed by atoms with Gasteiger partial charge in [-0.15, -0.1) is 0 Å². The monoisotopic (exact) mass is 520 g/mol. The SMILES string of the molecule is CCOC(=O)c1nc(NC(=O)c2nsc3ccccc23)c2n1CC(=O)NC21C(=O)Nc2ccc(F)cc21. The molecule has 1 spiro atoms. The van der Waals surface area contributed by atoms with Gasteiger partial charge in [-0.25, -0.2) is 14.2 Å². The van der Waals surface area contributed by atoms with Crippen LogP contribution in [-0.2, 0) is 26.4 Å². The van der Waals surface area contributed by atoms with E-state index in [0.717, 1.165) is 22.3 Å². The Kier molecular flexibility index (Phi) is 5.05. The topological polar surface area (TPSA) is 144 Å². The zero-order valence-corrected chi connectivity index (χ0v) is 19.9. The third-order valence-electron chi connectivity index (χ3n) is 6.21. The van der Waals surface area contributed by atoms with Crippen LogP contribution in [0.1, 0.15) is 39.3 Å². The number of hydrogen-bond donors (Lipinski definition) is 3. The highest BCUT2D eigenvalue weighted by Gasteiger charge is 2.56. The minimum atomic E-state index is -1.96. The van der Waals surface area contributed by atoms with Crippen molar-refractivity contribution in [2.24, 2.45) is 0 Å². The number of halogens is 1. The maximum absolute atomic E-state index is 14.4. The summed E-state index contributed by atoms with van der Waals surface area (Å²) in [7, 11) is 0. The first kappa shape index (κ1) is 22.8. The number of hydrogen-bond acceptors (Lipinski definition) is 8. The molecule has 0 radical (unpaired) electrons. The van der Waals surface area contributed by atoms with E-state index in [4.69, 9.17) is 4.74 Å². The fraction of sp³-hybridized carbons (Fsp3) is 0.167. The van der Waals surface area contributed by atoms with E-state index in [0.29, 0.717) is 5.39 Å². The van der Waals surface area contributed by atoms with Gasteiger partial charge in [0, 0.05) is 16.6 Å². The molecule has 6 rings (SSSR count). The normalized spacial score (nSPS) is 17.8. The van der Waals surface area contributed by atoms with Gasteiger partial charge in [-0.3, -0.25) is 14.4 Å². The molecule has 3 amide bonds. The summed E-state index contributed by atoms with van der Waals surface area (Å²) < 4.78 is 25.7. The third-order valence-corrected chi connectivity index (χ3v) is 7.03. The van der Waals surface area contributed by atoms with E-state index in [1.165, 1.54) is 16.7 Å².